The van der Waals surface area contributed by atoms with E-state index in [0.29, 0.717) is 16.7 Å². The van der Waals surface area contributed by atoms with Gasteiger partial charge >= 0.3 is 7.12 Å². The van der Waals surface area contributed by atoms with E-state index in [1.54, 1.807) is 6.08 Å². The smallest absolute Gasteiger partial charge is 0.400 e. The zero-order chi connectivity index (χ0) is 16.8. The van der Waals surface area contributed by atoms with Crippen molar-refractivity contribution < 1.29 is 9.31 Å². The lowest BCUT2D eigenvalue weighted by Gasteiger charge is -2.32. The van der Waals surface area contributed by atoms with Gasteiger partial charge in [-0.1, -0.05) is 0 Å². The number of fused-ring (bicyclic) bond motifs is 1. The van der Waals surface area contributed by atoms with Crippen molar-refractivity contribution in [3.05, 3.63) is 27.8 Å². The van der Waals surface area contributed by atoms with Gasteiger partial charge in [0.25, 0.3) is 5.56 Å². The average molecular weight is 317 g/mol. The summed E-state index contributed by atoms with van der Waals surface area (Å²) >= 11 is 0. The molecule has 0 bridgehead atoms. The molecule has 1 fully saturated rings. The zero-order valence-electron chi connectivity index (χ0n) is 13.6. The Morgan fingerprint density at radius 3 is 2.61 bits per heavy atom. The molecule has 2 aromatic rings. The summed E-state index contributed by atoms with van der Waals surface area (Å²) in [7, 11) is -0.570. The fourth-order valence-corrected chi connectivity index (χ4v) is 2.39. The molecular weight excluding hydrogens is 297 g/mol. The van der Waals surface area contributed by atoms with Crippen LogP contribution in [0.25, 0.3) is 17.1 Å². The average Bonchev–Trinajstić information content (AvgIpc) is 2.96. The largest absolute Gasteiger partial charge is 0.491 e. The molecule has 0 aliphatic carbocycles. The van der Waals surface area contributed by atoms with Crippen molar-refractivity contribution >= 4 is 24.2 Å². The first kappa shape index (κ1) is 15.9. The van der Waals surface area contributed by atoms with Crippen molar-refractivity contribution in [2.45, 2.75) is 38.9 Å². The summed E-state index contributed by atoms with van der Waals surface area (Å²) in [5, 5.41) is 7.22. The van der Waals surface area contributed by atoms with Crippen molar-refractivity contribution in [1.29, 1.82) is 0 Å². The third-order valence-electron chi connectivity index (χ3n) is 4.51. The third kappa shape index (κ3) is 2.60. The van der Waals surface area contributed by atoms with E-state index >= 15 is 0 Å². The first-order valence-electron chi connectivity index (χ1n) is 7.43. The molecule has 2 aromatic heterocycles. The van der Waals surface area contributed by atoms with Gasteiger partial charge in [0.2, 0.25) is 0 Å². The Labute approximate surface area is 133 Å². The molecule has 1 saturated heterocycles. The monoisotopic (exact) mass is 317 g/mol. The molecule has 8 nitrogen and oxygen atoms in total. The molecular formula is C14H20BN5O3. The van der Waals surface area contributed by atoms with Gasteiger partial charge in [0.05, 0.1) is 23.2 Å². The van der Waals surface area contributed by atoms with Gasteiger partial charge in [0, 0.05) is 6.54 Å². The number of nitrogens with zero attached hydrogens (tertiary/aromatic N) is 2. The van der Waals surface area contributed by atoms with E-state index in [2.05, 4.69) is 20.2 Å². The summed E-state index contributed by atoms with van der Waals surface area (Å²) in [4.78, 5) is 18.5. The molecule has 4 N–H and O–H groups in total. The second kappa shape index (κ2) is 5.29. The van der Waals surface area contributed by atoms with E-state index in [9.17, 15) is 4.79 Å². The second-order valence-corrected chi connectivity index (χ2v) is 6.58. The van der Waals surface area contributed by atoms with Crippen LogP contribution in [-0.2, 0) is 9.31 Å². The summed E-state index contributed by atoms with van der Waals surface area (Å²) in [6.07, 6.45) is 3.06. The second-order valence-electron chi connectivity index (χ2n) is 6.58. The van der Waals surface area contributed by atoms with Gasteiger partial charge < -0.3 is 20.0 Å². The lowest BCUT2D eigenvalue weighted by atomic mass is 9.77. The van der Waals surface area contributed by atoms with Gasteiger partial charge in [-0.05, 0) is 39.2 Å². The molecule has 3 heterocycles. The molecule has 0 atom stereocenters. The minimum Gasteiger partial charge on any atom is -0.400 e. The van der Waals surface area contributed by atoms with Gasteiger partial charge in [-0.15, -0.1) is 0 Å². The lowest BCUT2D eigenvalue weighted by Crippen LogP contribution is -2.41. The summed E-state index contributed by atoms with van der Waals surface area (Å²) < 4.78 is 12.0. The van der Waals surface area contributed by atoms with E-state index in [1.807, 2.05) is 27.7 Å². The standard InChI is InChI=1S/C14H20BN5O3/c1-13(2)14(3,4)23-15(22-13)8(6-16)5-9-10-11(20-19-9)17-7-18-12(10)21/h5,7H,6,16H2,1-4H3,(H2,17,18,19,20,21). The molecule has 0 spiro atoms. The summed E-state index contributed by atoms with van der Waals surface area (Å²) in [6, 6.07) is 0. The number of hydrogen-bond donors (Lipinski definition) is 3. The number of aromatic nitrogens is 4. The molecule has 0 radical (unpaired) electrons. The minimum atomic E-state index is -0.570. The van der Waals surface area contributed by atoms with Gasteiger partial charge in [-0.3, -0.25) is 9.89 Å². The number of hydrogen-bond acceptors (Lipinski definition) is 6. The van der Waals surface area contributed by atoms with Gasteiger partial charge in [-0.25, -0.2) is 4.98 Å². The van der Waals surface area contributed by atoms with E-state index in [4.69, 9.17) is 15.0 Å². The van der Waals surface area contributed by atoms with E-state index in [-0.39, 0.29) is 12.1 Å². The van der Waals surface area contributed by atoms with Crippen molar-refractivity contribution in [3.8, 4) is 0 Å². The number of aromatic amines is 2. The molecule has 122 valence electrons. The summed E-state index contributed by atoms with van der Waals surface area (Å²) in [5.41, 5.74) is 6.29. The van der Waals surface area contributed by atoms with Gasteiger partial charge in [-0.2, -0.15) is 5.10 Å². The highest BCUT2D eigenvalue weighted by atomic mass is 16.7. The highest BCUT2D eigenvalue weighted by Gasteiger charge is 2.52. The van der Waals surface area contributed by atoms with Gasteiger partial charge in [0.15, 0.2) is 5.65 Å². The van der Waals surface area contributed by atoms with Gasteiger partial charge in [0.1, 0.15) is 5.39 Å². The van der Waals surface area contributed by atoms with Crippen molar-refractivity contribution in [1.82, 2.24) is 20.2 Å². The van der Waals surface area contributed by atoms with Crippen LogP contribution in [0.3, 0.4) is 0 Å². The number of nitrogens with one attached hydrogen (secondary N) is 2. The van der Waals surface area contributed by atoms with Crippen molar-refractivity contribution in [3.63, 3.8) is 0 Å². The molecule has 0 amide bonds. The summed E-state index contributed by atoms with van der Waals surface area (Å²) in [6.45, 7) is 8.13. The Bertz CT molecular complexity index is 807. The van der Waals surface area contributed by atoms with Crippen molar-refractivity contribution in [2.75, 3.05) is 6.54 Å². The maximum atomic E-state index is 12.0. The first-order chi connectivity index (χ1) is 10.7. The van der Waals surface area contributed by atoms with Crippen LogP contribution in [0.1, 0.15) is 33.4 Å². The van der Waals surface area contributed by atoms with Crippen LogP contribution in [0.5, 0.6) is 0 Å². The van der Waals surface area contributed by atoms with Crippen LogP contribution in [0.15, 0.2) is 16.6 Å². The van der Waals surface area contributed by atoms with E-state index in [0.717, 1.165) is 5.47 Å². The van der Waals surface area contributed by atoms with Crippen LogP contribution >= 0.6 is 0 Å². The summed E-state index contributed by atoms with van der Waals surface area (Å²) in [5.74, 6) is 0. The molecule has 0 unspecified atom stereocenters. The maximum Gasteiger partial charge on any atom is 0.491 e. The molecule has 9 heteroatoms. The minimum absolute atomic E-state index is 0.232. The topological polar surface area (TPSA) is 119 Å². The zero-order valence-corrected chi connectivity index (χ0v) is 13.6. The van der Waals surface area contributed by atoms with Crippen LogP contribution in [0.4, 0.5) is 0 Å². The van der Waals surface area contributed by atoms with E-state index in [1.165, 1.54) is 6.33 Å². The highest BCUT2D eigenvalue weighted by molar-refractivity contribution is 6.56. The number of nitrogens with two attached hydrogens (primary N) is 1. The first-order valence-corrected chi connectivity index (χ1v) is 7.43. The van der Waals surface area contributed by atoms with Crippen LogP contribution in [0.2, 0.25) is 0 Å². The molecule has 1 aliphatic heterocycles. The Morgan fingerprint density at radius 1 is 1.35 bits per heavy atom. The van der Waals surface area contributed by atoms with Crippen LogP contribution in [0, 0.1) is 0 Å². The quantitative estimate of drug-likeness (QED) is 0.714. The van der Waals surface area contributed by atoms with Crippen LogP contribution < -0.4 is 11.3 Å². The molecule has 23 heavy (non-hydrogen) atoms. The fraction of sp³-hybridized carbons (Fsp3) is 0.500. The maximum absolute atomic E-state index is 12.0. The number of H-pyrrole nitrogens is 2. The highest BCUT2D eigenvalue weighted by Crippen LogP contribution is 2.38. The lowest BCUT2D eigenvalue weighted by molar-refractivity contribution is 0.00578. The Kier molecular flexibility index (Phi) is 3.66. The Balaban J connectivity index is 2.01. The molecule has 3 rings (SSSR count). The SMILES string of the molecule is CC1(C)OB(C(=Cc2[nH]nc3nc[nH]c(=O)c23)CN)OC1(C)C. The Hall–Kier alpha value is -1.97. The predicted octanol–water partition coefficient (Wildman–Crippen LogP) is 0.620. The fourth-order valence-electron chi connectivity index (χ4n) is 2.39. The third-order valence-corrected chi connectivity index (χ3v) is 4.51. The Morgan fingerprint density at radius 2 is 2.00 bits per heavy atom. The predicted molar refractivity (Wildman–Crippen MR) is 87.6 cm³/mol. The van der Waals surface area contributed by atoms with Crippen LogP contribution in [-0.4, -0.2) is 45.0 Å². The number of rotatable bonds is 3. The molecule has 0 saturated carbocycles. The molecule has 1 aliphatic rings. The molecule has 0 aromatic carbocycles. The normalized spacial score (nSPS) is 20.4. The van der Waals surface area contributed by atoms with E-state index < -0.39 is 18.3 Å². The van der Waals surface area contributed by atoms with Crippen molar-refractivity contribution in [2.24, 2.45) is 5.73 Å².